The molecule has 6 heteroatoms. The lowest BCUT2D eigenvalue weighted by molar-refractivity contribution is -0.136. The maximum atomic E-state index is 12.5. The van der Waals surface area contributed by atoms with Gasteiger partial charge in [0, 0.05) is 18.3 Å². The van der Waals surface area contributed by atoms with Crippen molar-refractivity contribution < 1.29 is 19.1 Å². The molecule has 0 aliphatic carbocycles. The van der Waals surface area contributed by atoms with Crippen LogP contribution in [0.4, 0.5) is 4.79 Å². The van der Waals surface area contributed by atoms with E-state index in [1.165, 1.54) is 12.0 Å². The number of carbonyl (C=O) groups is 2. The minimum absolute atomic E-state index is 0.287. The summed E-state index contributed by atoms with van der Waals surface area (Å²) in [5.41, 5.74) is 1.68. The summed E-state index contributed by atoms with van der Waals surface area (Å²) < 4.78 is 10.5. The smallest absolute Gasteiger partial charge is 0.337 e. The molecule has 0 bridgehead atoms. The molecular weight excluding hydrogens is 320 g/mol. The minimum atomic E-state index is -0.655. The monoisotopic (exact) mass is 340 g/mol. The van der Waals surface area contributed by atoms with Crippen molar-refractivity contribution in [2.45, 2.75) is 13.0 Å². The van der Waals surface area contributed by atoms with Gasteiger partial charge in [-0.05, 0) is 23.8 Å². The van der Waals surface area contributed by atoms with E-state index in [1.807, 2.05) is 36.4 Å². The van der Waals surface area contributed by atoms with E-state index in [4.69, 9.17) is 9.47 Å². The predicted molar refractivity (Wildman–Crippen MR) is 94.3 cm³/mol. The molecule has 0 radical (unpaired) electrons. The number of amides is 2. The van der Waals surface area contributed by atoms with Crippen molar-refractivity contribution in [3.63, 3.8) is 0 Å². The normalized spacial score (nSPS) is 17.5. The Labute approximate surface area is 146 Å². The molecule has 1 aliphatic rings. The van der Waals surface area contributed by atoms with Crippen LogP contribution in [0.3, 0.4) is 0 Å². The van der Waals surface area contributed by atoms with Gasteiger partial charge in [-0.3, -0.25) is 0 Å². The van der Waals surface area contributed by atoms with Gasteiger partial charge >= 0.3 is 12.0 Å². The first kappa shape index (κ1) is 16.8. The Morgan fingerprint density at radius 2 is 1.88 bits per heavy atom. The Balaban J connectivity index is 2.32. The van der Waals surface area contributed by atoms with Gasteiger partial charge in [0.05, 0.1) is 25.8 Å². The van der Waals surface area contributed by atoms with Crippen LogP contribution in [-0.4, -0.2) is 38.2 Å². The molecule has 25 heavy (non-hydrogen) atoms. The highest BCUT2D eigenvalue weighted by atomic mass is 16.5. The van der Waals surface area contributed by atoms with Crippen molar-refractivity contribution in [3.05, 3.63) is 53.2 Å². The van der Waals surface area contributed by atoms with Crippen LogP contribution in [0.2, 0.25) is 0 Å². The summed E-state index contributed by atoms with van der Waals surface area (Å²) >= 11 is 0. The maximum Gasteiger partial charge on any atom is 0.337 e. The molecule has 0 fully saturated rings. The Morgan fingerprint density at radius 3 is 2.56 bits per heavy atom. The molecular formula is C19H20N2O4. The second-order valence-corrected chi connectivity index (χ2v) is 5.83. The second kappa shape index (κ2) is 6.47. The summed E-state index contributed by atoms with van der Waals surface area (Å²) in [5, 5.41) is 4.80. The van der Waals surface area contributed by atoms with Gasteiger partial charge in [0.2, 0.25) is 0 Å². The third-order valence-corrected chi connectivity index (χ3v) is 4.60. The van der Waals surface area contributed by atoms with Gasteiger partial charge in [0.25, 0.3) is 0 Å². The van der Waals surface area contributed by atoms with Gasteiger partial charge in [-0.2, -0.15) is 0 Å². The van der Waals surface area contributed by atoms with Crippen LogP contribution in [0.15, 0.2) is 47.7 Å². The number of hydrogen-bond acceptors (Lipinski definition) is 4. The number of ether oxygens (including phenoxy) is 2. The molecule has 2 aromatic rings. The summed E-state index contributed by atoms with van der Waals surface area (Å²) in [6.07, 6.45) is 0. The zero-order valence-corrected chi connectivity index (χ0v) is 14.6. The lowest BCUT2D eigenvalue weighted by Gasteiger charge is -2.34. The first-order chi connectivity index (χ1) is 12.0. The molecule has 0 aromatic heterocycles. The number of nitrogens with zero attached hydrogens (tertiary/aromatic N) is 1. The number of nitrogens with one attached hydrogen (secondary N) is 1. The first-order valence-electron chi connectivity index (χ1n) is 7.88. The van der Waals surface area contributed by atoms with Gasteiger partial charge in [0.1, 0.15) is 5.75 Å². The second-order valence-electron chi connectivity index (χ2n) is 5.83. The molecule has 0 spiro atoms. The van der Waals surface area contributed by atoms with Crippen LogP contribution >= 0.6 is 0 Å². The van der Waals surface area contributed by atoms with E-state index in [0.29, 0.717) is 17.0 Å². The van der Waals surface area contributed by atoms with Crippen LogP contribution < -0.4 is 10.1 Å². The largest absolute Gasteiger partial charge is 0.496 e. The topological polar surface area (TPSA) is 67.9 Å². The molecule has 2 amide bonds. The average molecular weight is 340 g/mol. The number of fused-ring (bicyclic) bond motifs is 1. The fourth-order valence-electron chi connectivity index (χ4n) is 3.18. The van der Waals surface area contributed by atoms with E-state index in [-0.39, 0.29) is 6.03 Å². The Morgan fingerprint density at radius 1 is 1.16 bits per heavy atom. The molecule has 130 valence electrons. The van der Waals surface area contributed by atoms with Crippen molar-refractivity contribution in [2.75, 3.05) is 21.3 Å². The SMILES string of the molecule is COC(=O)C1=C(C)N(C)C(=O)N[C@@H]1c1c(OC)ccc2ccccc12. The number of carbonyl (C=O) groups excluding carboxylic acids is 2. The number of esters is 1. The quantitative estimate of drug-likeness (QED) is 0.872. The van der Waals surface area contributed by atoms with E-state index >= 15 is 0 Å². The summed E-state index contributed by atoms with van der Waals surface area (Å²) in [6.45, 7) is 1.73. The highest BCUT2D eigenvalue weighted by Crippen LogP contribution is 2.39. The number of rotatable bonds is 3. The van der Waals surface area contributed by atoms with Crippen molar-refractivity contribution in [3.8, 4) is 5.75 Å². The standard InChI is InChI=1S/C19H20N2O4/c1-11-15(18(22)25-4)17(20-19(23)21(11)2)16-13-8-6-5-7-12(13)9-10-14(16)24-3/h5-10,17H,1-4H3,(H,20,23)/t17-/m0/s1. The minimum Gasteiger partial charge on any atom is -0.496 e. The molecule has 1 atom stereocenters. The lowest BCUT2D eigenvalue weighted by atomic mass is 9.90. The molecule has 2 aromatic carbocycles. The maximum absolute atomic E-state index is 12.5. The number of allylic oxidation sites excluding steroid dienone is 1. The molecule has 0 unspecified atom stereocenters. The molecule has 1 aliphatic heterocycles. The molecule has 0 saturated heterocycles. The highest BCUT2D eigenvalue weighted by molar-refractivity contribution is 5.98. The van der Waals surface area contributed by atoms with Gasteiger partial charge in [-0.15, -0.1) is 0 Å². The van der Waals surface area contributed by atoms with Crippen LogP contribution in [0.1, 0.15) is 18.5 Å². The van der Waals surface area contributed by atoms with Crippen molar-refractivity contribution in [1.29, 1.82) is 0 Å². The fourth-order valence-corrected chi connectivity index (χ4v) is 3.18. The summed E-state index contributed by atoms with van der Waals surface area (Å²) in [6, 6.07) is 10.6. The Hall–Kier alpha value is -3.02. The first-order valence-corrected chi connectivity index (χ1v) is 7.88. The number of methoxy groups -OCH3 is 2. The van der Waals surface area contributed by atoms with Crippen molar-refractivity contribution in [1.82, 2.24) is 10.2 Å². The average Bonchev–Trinajstić information content (AvgIpc) is 2.64. The Bertz CT molecular complexity index is 888. The van der Waals surface area contributed by atoms with E-state index in [0.717, 1.165) is 16.3 Å². The molecule has 6 nitrogen and oxygen atoms in total. The van der Waals surface area contributed by atoms with Crippen LogP contribution in [0.5, 0.6) is 5.75 Å². The van der Waals surface area contributed by atoms with E-state index in [2.05, 4.69) is 5.32 Å². The van der Waals surface area contributed by atoms with E-state index in [9.17, 15) is 9.59 Å². The van der Waals surface area contributed by atoms with Crippen molar-refractivity contribution in [2.24, 2.45) is 0 Å². The number of hydrogen-bond donors (Lipinski definition) is 1. The van der Waals surface area contributed by atoms with Crippen LogP contribution in [0.25, 0.3) is 10.8 Å². The molecule has 3 rings (SSSR count). The zero-order valence-electron chi connectivity index (χ0n) is 14.6. The van der Waals surface area contributed by atoms with Crippen LogP contribution in [-0.2, 0) is 9.53 Å². The van der Waals surface area contributed by atoms with Crippen LogP contribution in [0, 0.1) is 0 Å². The van der Waals surface area contributed by atoms with Gasteiger partial charge in [-0.1, -0.05) is 30.3 Å². The number of urea groups is 1. The van der Waals surface area contributed by atoms with Gasteiger partial charge in [-0.25, -0.2) is 9.59 Å². The molecule has 1 heterocycles. The lowest BCUT2D eigenvalue weighted by Crippen LogP contribution is -2.46. The van der Waals surface area contributed by atoms with E-state index in [1.54, 1.807) is 21.1 Å². The third kappa shape index (κ3) is 2.69. The van der Waals surface area contributed by atoms with Gasteiger partial charge in [0.15, 0.2) is 0 Å². The van der Waals surface area contributed by atoms with Crippen molar-refractivity contribution >= 4 is 22.8 Å². The highest BCUT2D eigenvalue weighted by Gasteiger charge is 2.37. The van der Waals surface area contributed by atoms with Gasteiger partial charge < -0.3 is 19.7 Å². The summed E-state index contributed by atoms with van der Waals surface area (Å²) in [7, 11) is 4.51. The molecule has 1 N–H and O–H groups in total. The Kier molecular flexibility index (Phi) is 4.35. The third-order valence-electron chi connectivity index (χ3n) is 4.60. The number of benzene rings is 2. The zero-order chi connectivity index (χ0) is 18.1. The summed E-state index contributed by atoms with van der Waals surface area (Å²) in [5.74, 6) is 0.118. The molecule has 0 saturated carbocycles. The fraction of sp³-hybridized carbons (Fsp3) is 0.263. The summed E-state index contributed by atoms with van der Waals surface area (Å²) in [4.78, 5) is 26.2. The van der Waals surface area contributed by atoms with E-state index < -0.39 is 12.0 Å². The predicted octanol–water partition coefficient (Wildman–Crippen LogP) is 2.99.